The highest BCUT2D eigenvalue weighted by atomic mass is 19.4. The molecule has 4 rings (SSSR count). The van der Waals surface area contributed by atoms with Crippen molar-refractivity contribution in [2.24, 2.45) is 0 Å². The number of fused-ring (bicyclic) bond motifs is 1. The molecule has 7 nitrogen and oxygen atoms in total. The van der Waals surface area contributed by atoms with E-state index in [2.05, 4.69) is 5.32 Å². The Morgan fingerprint density at radius 2 is 1.89 bits per heavy atom. The van der Waals surface area contributed by atoms with Crippen LogP contribution in [-0.2, 0) is 17.6 Å². The van der Waals surface area contributed by atoms with Crippen LogP contribution >= 0.6 is 0 Å². The van der Waals surface area contributed by atoms with E-state index in [-0.39, 0.29) is 24.7 Å². The summed E-state index contributed by atoms with van der Waals surface area (Å²) < 4.78 is 60.4. The van der Waals surface area contributed by atoms with Gasteiger partial charge in [-0.1, -0.05) is 18.2 Å². The van der Waals surface area contributed by atoms with Crippen molar-refractivity contribution in [2.45, 2.75) is 12.8 Å². The molecule has 0 saturated heterocycles. The Labute approximate surface area is 204 Å². The van der Waals surface area contributed by atoms with Gasteiger partial charge < -0.3 is 24.3 Å². The third-order valence-electron chi connectivity index (χ3n) is 5.14. The maximum absolute atomic E-state index is 13.0. The SMILES string of the molecule is COc1ccc(/C=C(/C#N)C(=O)Nc2ccc3c(c2)OCO3)cc1OCc1cccc(C(F)(F)F)c1. The lowest BCUT2D eigenvalue weighted by atomic mass is 10.1. The summed E-state index contributed by atoms with van der Waals surface area (Å²) in [6.45, 7) is -0.0606. The largest absolute Gasteiger partial charge is 0.493 e. The van der Waals surface area contributed by atoms with Crippen molar-refractivity contribution in [3.05, 3.63) is 82.9 Å². The molecule has 0 saturated carbocycles. The number of halogens is 3. The van der Waals surface area contributed by atoms with Crippen molar-refractivity contribution >= 4 is 17.7 Å². The number of benzene rings is 3. The molecule has 3 aromatic carbocycles. The molecule has 0 fully saturated rings. The predicted octanol–water partition coefficient (Wildman–Crippen LogP) is 5.57. The number of nitrogens with one attached hydrogen (secondary N) is 1. The van der Waals surface area contributed by atoms with E-state index in [0.717, 1.165) is 12.1 Å². The van der Waals surface area contributed by atoms with Crippen LogP contribution in [0.15, 0.2) is 66.2 Å². The number of ether oxygens (including phenoxy) is 4. The molecule has 36 heavy (non-hydrogen) atoms. The number of hydrogen-bond acceptors (Lipinski definition) is 6. The van der Waals surface area contributed by atoms with Crippen molar-refractivity contribution in [3.8, 4) is 29.1 Å². The van der Waals surface area contributed by atoms with Gasteiger partial charge in [-0.2, -0.15) is 18.4 Å². The third-order valence-corrected chi connectivity index (χ3v) is 5.14. The van der Waals surface area contributed by atoms with Crippen molar-refractivity contribution in [3.63, 3.8) is 0 Å². The second-order valence-corrected chi connectivity index (χ2v) is 7.59. The van der Waals surface area contributed by atoms with E-state index in [1.165, 1.54) is 31.4 Å². The van der Waals surface area contributed by atoms with Crippen LogP contribution in [0.3, 0.4) is 0 Å². The summed E-state index contributed by atoms with van der Waals surface area (Å²) in [4.78, 5) is 12.7. The van der Waals surface area contributed by atoms with Crippen LogP contribution < -0.4 is 24.3 Å². The lowest BCUT2D eigenvalue weighted by Gasteiger charge is -2.13. The van der Waals surface area contributed by atoms with E-state index >= 15 is 0 Å². The first kappa shape index (κ1) is 24.5. The molecule has 1 heterocycles. The summed E-state index contributed by atoms with van der Waals surface area (Å²) in [5.41, 5.74) is 0.229. The van der Waals surface area contributed by atoms with Gasteiger partial charge in [0.15, 0.2) is 23.0 Å². The van der Waals surface area contributed by atoms with Gasteiger partial charge in [-0.3, -0.25) is 4.79 Å². The van der Waals surface area contributed by atoms with Gasteiger partial charge in [0, 0.05) is 11.8 Å². The molecule has 1 N–H and O–H groups in total. The van der Waals surface area contributed by atoms with Crippen LogP contribution in [0.2, 0.25) is 0 Å². The standard InChI is InChI=1S/C26H19F3N2O5/c1-33-21-7-5-16(11-23(21)34-14-17-3-2-4-19(10-17)26(27,28)29)9-18(13-30)25(32)31-20-6-8-22-24(12-20)36-15-35-22/h2-12H,14-15H2,1H3,(H,31,32)/b18-9-. The zero-order chi connectivity index (χ0) is 25.7. The van der Waals surface area contributed by atoms with E-state index in [4.69, 9.17) is 18.9 Å². The summed E-state index contributed by atoms with van der Waals surface area (Å²) in [5, 5.41) is 12.2. The quantitative estimate of drug-likeness (QED) is 0.340. The molecule has 0 aliphatic carbocycles. The van der Waals surface area contributed by atoms with Gasteiger partial charge in [0.25, 0.3) is 5.91 Å². The fourth-order valence-electron chi connectivity index (χ4n) is 3.38. The molecule has 0 aromatic heterocycles. The molecule has 10 heteroatoms. The van der Waals surface area contributed by atoms with E-state index in [9.17, 15) is 23.2 Å². The number of anilines is 1. The highest BCUT2D eigenvalue weighted by molar-refractivity contribution is 6.09. The van der Waals surface area contributed by atoms with Crippen LogP contribution in [0.4, 0.5) is 18.9 Å². The number of carbonyl (C=O) groups excluding carboxylic acids is 1. The minimum Gasteiger partial charge on any atom is -0.493 e. The second kappa shape index (κ2) is 10.3. The van der Waals surface area contributed by atoms with Crippen LogP contribution in [0, 0.1) is 11.3 Å². The van der Waals surface area contributed by atoms with Gasteiger partial charge >= 0.3 is 6.18 Å². The molecule has 3 aromatic rings. The van der Waals surface area contributed by atoms with Gasteiger partial charge in [0.1, 0.15) is 18.2 Å². The van der Waals surface area contributed by atoms with Crippen LogP contribution in [-0.4, -0.2) is 19.8 Å². The average Bonchev–Trinajstić information content (AvgIpc) is 3.33. The minimum atomic E-state index is -4.47. The Kier molecular flexibility index (Phi) is 7.01. The first-order chi connectivity index (χ1) is 17.3. The Balaban J connectivity index is 1.51. The van der Waals surface area contributed by atoms with Crippen molar-refractivity contribution in [2.75, 3.05) is 19.2 Å². The minimum absolute atomic E-state index is 0.0890. The summed E-state index contributed by atoms with van der Waals surface area (Å²) in [7, 11) is 1.42. The molecule has 0 bridgehead atoms. The van der Waals surface area contributed by atoms with Crippen LogP contribution in [0.5, 0.6) is 23.0 Å². The Hall–Kier alpha value is -4.65. The molecular weight excluding hydrogens is 477 g/mol. The molecule has 0 radical (unpaired) electrons. The number of hydrogen-bond donors (Lipinski definition) is 1. The lowest BCUT2D eigenvalue weighted by Crippen LogP contribution is -2.13. The van der Waals surface area contributed by atoms with Crippen molar-refractivity contribution in [1.29, 1.82) is 5.26 Å². The van der Waals surface area contributed by atoms with E-state index < -0.39 is 17.6 Å². The van der Waals surface area contributed by atoms with Gasteiger partial charge in [0.2, 0.25) is 6.79 Å². The first-order valence-corrected chi connectivity index (χ1v) is 10.6. The number of methoxy groups -OCH3 is 1. The number of nitriles is 1. The van der Waals surface area contributed by atoms with Gasteiger partial charge in [-0.25, -0.2) is 0 Å². The number of nitrogens with zero attached hydrogens (tertiary/aromatic N) is 1. The summed E-state index contributed by atoms with van der Waals surface area (Å²) in [5.74, 6) is 0.964. The Morgan fingerprint density at radius 3 is 2.64 bits per heavy atom. The molecule has 184 valence electrons. The molecule has 0 spiro atoms. The summed E-state index contributed by atoms with van der Waals surface area (Å²) in [6, 6.07) is 16.2. The molecule has 1 aliphatic heterocycles. The van der Waals surface area contributed by atoms with Crippen molar-refractivity contribution < 1.29 is 36.9 Å². The molecular formula is C26H19F3N2O5. The van der Waals surface area contributed by atoms with E-state index in [1.807, 2.05) is 6.07 Å². The zero-order valence-electron chi connectivity index (χ0n) is 18.9. The third kappa shape index (κ3) is 5.70. The van der Waals surface area contributed by atoms with Crippen molar-refractivity contribution in [1.82, 2.24) is 0 Å². The fourth-order valence-corrected chi connectivity index (χ4v) is 3.38. The Morgan fingerprint density at radius 1 is 1.08 bits per heavy atom. The summed E-state index contributed by atoms with van der Waals surface area (Å²) in [6.07, 6.45) is -3.10. The summed E-state index contributed by atoms with van der Waals surface area (Å²) >= 11 is 0. The normalized spacial score (nSPS) is 12.6. The Bertz CT molecular complexity index is 1360. The fraction of sp³-hybridized carbons (Fsp3) is 0.154. The van der Waals surface area contributed by atoms with Gasteiger partial charge in [-0.05, 0) is 53.6 Å². The highest BCUT2D eigenvalue weighted by Crippen LogP contribution is 2.35. The maximum Gasteiger partial charge on any atom is 0.416 e. The topological polar surface area (TPSA) is 89.8 Å². The van der Waals surface area contributed by atoms with E-state index in [0.29, 0.717) is 34.1 Å². The lowest BCUT2D eigenvalue weighted by molar-refractivity contribution is -0.137. The van der Waals surface area contributed by atoms with Crippen LogP contribution in [0.1, 0.15) is 16.7 Å². The monoisotopic (exact) mass is 496 g/mol. The molecule has 0 atom stereocenters. The number of alkyl halides is 3. The first-order valence-electron chi connectivity index (χ1n) is 10.6. The molecule has 1 amide bonds. The van der Waals surface area contributed by atoms with Gasteiger partial charge in [0.05, 0.1) is 12.7 Å². The molecule has 1 aliphatic rings. The number of rotatable bonds is 7. The smallest absolute Gasteiger partial charge is 0.416 e. The van der Waals surface area contributed by atoms with E-state index in [1.54, 1.807) is 30.3 Å². The average molecular weight is 496 g/mol. The van der Waals surface area contributed by atoms with Crippen LogP contribution in [0.25, 0.3) is 6.08 Å². The molecule has 0 unspecified atom stereocenters. The predicted molar refractivity (Wildman–Crippen MR) is 124 cm³/mol. The number of carbonyl (C=O) groups is 1. The zero-order valence-corrected chi connectivity index (χ0v) is 18.9. The number of amides is 1. The second-order valence-electron chi connectivity index (χ2n) is 7.59. The highest BCUT2D eigenvalue weighted by Gasteiger charge is 2.30. The maximum atomic E-state index is 13.0. The van der Waals surface area contributed by atoms with Gasteiger partial charge in [-0.15, -0.1) is 0 Å².